The van der Waals surface area contributed by atoms with Crippen LogP contribution in [-0.2, 0) is 42.9 Å². The van der Waals surface area contributed by atoms with Crippen LogP contribution >= 0.6 is 12.8 Å². The molecule has 3 unspecified atom stereocenters. The van der Waals surface area contributed by atoms with E-state index in [0.717, 1.165) is 32.2 Å². The molecule has 18 heteroatoms. The summed E-state index contributed by atoms with van der Waals surface area (Å²) in [5.41, 5.74) is 0. The molecule has 1 heterocycles. The zero-order valence-corrected chi connectivity index (χ0v) is 31.6. The number of rotatable bonds is 28. The first-order valence-electron chi connectivity index (χ1n) is 17.9. The van der Waals surface area contributed by atoms with Crippen LogP contribution < -0.4 is 26.0 Å². The fourth-order valence-corrected chi connectivity index (χ4v) is 4.61. The number of nitrogens with one attached hydrogen (secondary N) is 5. The Bertz CT molecular complexity index is 953. The molecule has 0 spiro atoms. The molecule has 298 valence electrons. The molecule has 1 fully saturated rings. The molecule has 17 nitrogen and oxygen atoms in total. The number of hydrogen-bond donors (Lipinski definition) is 8. The second kappa shape index (κ2) is 33.3. The predicted molar refractivity (Wildman–Crippen MR) is 194 cm³/mol. The van der Waals surface area contributed by atoms with Crippen LogP contribution in [-0.4, -0.2) is 149 Å². The second-order valence-electron chi connectivity index (χ2n) is 11.9. The van der Waals surface area contributed by atoms with Crippen molar-refractivity contribution in [2.45, 2.75) is 96.6 Å². The zero-order chi connectivity index (χ0) is 38.1. The molecule has 1 saturated heterocycles. The molecule has 0 aromatic rings. The Labute approximate surface area is 308 Å². The molecular weight excluding hydrogens is 688 g/mol. The third kappa shape index (κ3) is 29.7. The highest BCUT2D eigenvalue weighted by Crippen LogP contribution is 2.14. The van der Waals surface area contributed by atoms with E-state index < -0.39 is 24.4 Å². The summed E-state index contributed by atoms with van der Waals surface area (Å²) in [6, 6.07) is 0. The van der Waals surface area contributed by atoms with Crippen molar-refractivity contribution in [3.63, 3.8) is 0 Å². The molecule has 1 rings (SSSR count). The number of hydrogen-bond acceptors (Lipinski definition) is 13. The third-order valence-electron chi connectivity index (χ3n) is 7.23. The van der Waals surface area contributed by atoms with Crippen LogP contribution in [0.25, 0.3) is 0 Å². The highest BCUT2D eigenvalue weighted by Gasteiger charge is 2.24. The van der Waals surface area contributed by atoms with E-state index in [-0.39, 0.29) is 76.2 Å². The zero-order valence-electron chi connectivity index (χ0n) is 30.8. The lowest BCUT2D eigenvalue weighted by Crippen LogP contribution is -2.48. The molecule has 0 saturated carbocycles. The molecule has 0 radical (unpaired) electrons. The van der Waals surface area contributed by atoms with Gasteiger partial charge in [0.05, 0.1) is 45.6 Å². The average Bonchev–Trinajstić information content (AvgIpc) is 3.11. The molecular formula is C33H64N6O11S. The van der Waals surface area contributed by atoms with Crippen molar-refractivity contribution in [3.05, 3.63) is 0 Å². The van der Waals surface area contributed by atoms with Crippen LogP contribution in [0.3, 0.4) is 0 Å². The second-order valence-corrected chi connectivity index (χ2v) is 12.2. The largest absolute Gasteiger partial charge is 0.391 e. The van der Waals surface area contributed by atoms with Gasteiger partial charge in [0, 0.05) is 59.3 Å². The van der Waals surface area contributed by atoms with Gasteiger partial charge in [-0.2, -0.15) is 0 Å². The Morgan fingerprint density at radius 1 is 0.824 bits per heavy atom. The van der Waals surface area contributed by atoms with Crippen molar-refractivity contribution >= 4 is 42.4 Å². The van der Waals surface area contributed by atoms with Gasteiger partial charge in [-0.1, -0.05) is 33.1 Å². The molecule has 1 aliphatic rings. The van der Waals surface area contributed by atoms with Crippen molar-refractivity contribution in [1.82, 2.24) is 30.9 Å². The van der Waals surface area contributed by atoms with Gasteiger partial charge in [0.1, 0.15) is 6.10 Å². The first-order chi connectivity index (χ1) is 24.6. The summed E-state index contributed by atoms with van der Waals surface area (Å²) in [6.07, 6.45) is 4.63. The molecule has 3 atom stereocenters. The number of ether oxygens (including phenoxy) is 4. The first kappa shape index (κ1) is 48.4. The fourth-order valence-electron chi connectivity index (χ4n) is 4.50. The maximum atomic E-state index is 12.6. The summed E-state index contributed by atoms with van der Waals surface area (Å²) in [4.78, 5) is 60.7. The number of nitrogens with zero attached hydrogens (tertiary/aromatic N) is 1. The van der Waals surface area contributed by atoms with Gasteiger partial charge in [0.15, 0.2) is 6.29 Å². The van der Waals surface area contributed by atoms with E-state index in [2.05, 4.69) is 38.8 Å². The van der Waals surface area contributed by atoms with E-state index in [0.29, 0.717) is 58.3 Å². The Morgan fingerprint density at radius 2 is 1.45 bits per heavy atom. The lowest BCUT2D eigenvalue weighted by molar-refractivity contribution is -0.213. The quantitative estimate of drug-likeness (QED) is 0.0371. The van der Waals surface area contributed by atoms with Crippen LogP contribution in [0, 0.1) is 0 Å². The van der Waals surface area contributed by atoms with Crippen molar-refractivity contribution < 1.29 is 53.1 Å². The smallest absolute Gasteiger partial charge is 0.234 e. The highest BCUT2D eigenvalue weighted by molar-refractivity contribution is 7.78. The Morgan fingerprint density at radius 3 is 2.04 bits per heavy atom. The van der Waals surface area contributed by atoms with Gasteiger partial charge < -0.3 is 55.1 Å². The van der Waals surface area contributed by atoms with Crippen molar-refractivity contribution in [2.75, 3.05) is 86.0 Å². The summed E-state index contributed by atoms with van der Waals surface area (Å²) >= 11 is 3.70. The summed E-state index contributed by atoms with van der Waals surface area (Å²) in [7, 11) is 1.60. The van der Waals surface area contributed by atoms with E-state index in [4.69, 9.17) is 18.9 Å². The maximum absolute atomic E-state index is 12.6. The molecule has 0 aromatic carbocycles. The number of methoxy groups -OCH3 is 1. The molecule has 51 heavy (non-hydrogen) atoms. The summed E-state index contributed by atoms with van der Waals surface area (Å²) < 4.78 is 23.5. The summed E-state index contributed by atoms with van der Waals surface area (Å²) in [5.74, 6) is -1.15. The number of aliphatic hydroxyl groups is 2. The van der Waals surface area contributed by atoms with Gasteiger partial charge in [-0.15, -0.1) is 0 Å². The average molecular weight is 753 g/mol. The number of aliphatic hydroxyl groups excluding tert-OH is 2. The number of unbranched alkanes of at least 4 members (excludes halogenated alkanes) is 2. The van der Waals surface area contributed by atoms with Crippen LogP contribution in [0.5, 0.6) is 0 Å². The van der Waals surface area contributed by atoms with Gasteiger partial charge in [-0.05, 0) is 44.9 Å². The van der Waals surface area contributed by atoms with Gasteiger partial charge in [-0.25, -0.2) is 0 Å². The Kier molecular flexibility index (Phi) is 31.6. The lowest BCUT2D eigenvalue weighted by Gasteiger charge is -2.27. The Hall–Kier alpha value is -2.58. The molecule has 0 aromatic heterocycles. The maximum Gasteiger partial charge on any atom is 0.234 e. The van der Waals surface area contributed by atoms with E-state index in [1.807, 2.05) is 13.8 Å². The first-order valence-corrected chi connectivity index (χ1v) is 18.4. The minimum atomic E-state index is -0.724. The number of thiol groups is 1. The summed E-state index contributed by atoms with van der Waals surface area (Å²) in [6.45, 7) is 6.43. The van der Waals surface area contributed by atoms with E-state index >= 15 is 0 Å². The van der Waals surface area contributed by atoms with Crippen molar-refractivity contribution in [2.24, 2.45) is 0 Å². The number of carbonyl (C=O) groups excluding carboxylic acids is 5. The highest BCUT2D eigenvalue weighted by atomic mass is 32.1. The monoisotopic (exact) mass is 752 g/mol. The fraction of sp³-hybridized carbons (Fsp3) is 0.848. The molecule has 7 N–H and O–H groups in total. The summed E-state index contributed by atoms with van der Waals surface area (Å²) in [5, 5.41) is 30.7. The standard InChI is InChI=1S/C27H51N5O10S.C6H13NO/c1-39-13-5-7-21(33)20-40-15-11-29-25(37)18-32(17-24(36)28-10-4-2-3-9-23(35)31-43)19-26(38)30-12-16-42-27-22(34)8-6-14-41-27;1-3-5-7-6(8)4-2/h21-22,27,33-34,43H,2-20H2,1H3,(H,28,36)(H,29,37)(H,30,38)(H,31,35);3-5H2,1-2H3,(H,7,8). The SMILES string of the molecule is CCCNC(=O)CC.COCCCC(O)COCCNC(=O)CN(CC(=O)NCCCCCC(=O)NS)CC(=O)NCCOC1OCCCC1O. The minimum Gasteiger partial charge on any atom is -0.391 e. The molecule has 0 aliphatic carbocycles. The molecule has 1 aliphatic heterocycles. The van der Waals surface area contributed by atoms with Gasteiger partial charge >= 0.3 is 0 Å². The topological polar surface area (TPSA) is 226 Å². The predicted octanol–water partition coefficient (Wildman–Crippen LogP) is -0.601. The molecule has 5 amide bonds. The van der Waals surface area contributed by atoms with Crippen LogP contribution in [0.2, 0.25) is 0 Å². The van der Waals surface area contributed by atoms with E-state index in [1.165, 1.54) is 4.90 Å². The van der Waals surface area contributed by atoms with Crippen LogP contribution in [0.1, 0.15) is 78.1 Å². The van der Waals surface area contributed by atoms with E-state index in [1.54, 1.807) is 7.11 Å². The van der Waals surface area contributed by atoms with Crippen LogP contribution in [0.15, 0.2) is 0 Å². The van der Waals surface area contributed by atoms with Gasteiger partial charge in [-0.3, -0.25) is 28.9 Å². The van der Waals surface area contributed by atoms with Crippen molar-refractivity contribution in [3.8, 4) is 0 Å². The Balaban J connectivity index is 0.00000277. The van der Waals surface area contributed by atoms with Crippen LogP contribution in [0.4, 0.5) is 0 Å². The van der Waals surface area contributed by atoms with Gasteiger partial charge in [0.2, 0.25) is 29.5 Å². The number of carbonyl (C=O) groups is 5. The van der Waals surface area contributed by atoms with E-state index in [9.17, 15) is 34.2 Å². The third-order valence-corrected chi connectivity index (χ3v) is 7.48. The van der Waals surface area contributed by atoms with Crippen molar-refractivity contribution in [1.29, 1.82) is 0 Å². The lowest BCUT2D eigenvalue weighted by atomic mass is 10.1. The van der Waals surface area contributed by atoms with Gasteiger partial charge in [0.25, 0.3) is 0 Å². The normalized spacial score (nSPS) is 16.0. The number of amides is 5. The minimum absolute atomic E-state index is 0.130. The molecule has 0 bridgehead atoms.